The number of nitrogens with one attached hydrogen (secondary N) is 1. The van der Waals surface area contributed by atoms with Crippen molar-refractivity contribution in [2.75, 3.05) is 13.7 Å². The molecule has 0 aliphatic carbocycles. The van der Waals surface area contributed by atoms with Crippen LogP contribution in [0, 0.1) is 0 Å². The molecule has 2 heterocycles. The van der Waals surface area contributed by atoms with E-state index in [0.29, 0.717) is 5.92 Å². The van der Waals surface area contributed by atoms with Crippen molar-refractivity contribution in [1.82, 2.24) is 14.9 Å². The van der Waals surface area contributed by atoms with Crippen molar-refractivity contribution in [2.45, 2.75) is 38.3 Å². The summed E-state index contributed by atoms with van der Waals surface area (Å²) in [5, 5.41) is 3.47. The normalized spacial score (nSPS) is 18.9. The first-order valence-corrected chi connectivity index (χ1v) is 7.75. The summed E-state index contributed by atoms with van der Waals surface area (Å²) >= 11 is 0. The van der Waals surface area contributed by atoms with Crippen LogP contribution in [0.25, 0.3) is 0 Å². The first kappa shape index (κ1) is 14.1. The van der Waals surface area contributed by atoms with Crippen LogP contribution in [0.1, 0.15) is 43.1 Å². The van der Waals surface area contributed by atoms with Gasteiger partial charge in [-0.25, -0.2) is 4.98 Å². The van der Waals surface area contributed by atoms with E-state index in [9.17, 15) is 0 Å². The molecule has 0 bridgehead atoms. The lowest BCUT2D eigenvalue weighted by atomic mass is 9.86. The molecule has 0 amide bonds. The molecule has 4 heteroatoms. The van der Waals surface area contributed by atoms with Crippen molar-refractivity contribution in [1.29, 1.82) is 0 Å². The van der Waals surface area contributed by atoms with Gasteiger partial charge in [0.1, 0.15) is 11.6 Å². The first-order chi connectivity index (χ1) is 10.3. The Hall–Kier alpha value is -1.81. The maximum absolute atomic E-state index is 5.79. The van der Waals surface area contributed by atoms with Crippen LogP contribution in [0.5, 0.6) is 5.75 Å². The van der Waals surface area contributed by atoms with Gasteiger partial charge in [0, 0.05) is 24.9 Å². The average molecular weight is 285 g/mol. The molecule has 112 valence electrons. The zero-order chi connectivity index (χ0) is 14.7. The molecule has 0 fully saturated rings. The van der Waals surface area contributed by atoms with Gasteiger partial charge in [-0.2, -0.15) is 0 Å². The highest BCUT2D eigenvalue weighted by Crippen LogP contribution is 2.40. The third kappa shape index (κ3) is 2.68. The zero-order valence-electron chi connectivity index (χ0n) is 12.7. The lowest BCUT2D eigenvalue weighted by Gasteiger charge is -2.32. The van der Waals surface area contributed by atoms with Crippen molar-refractivity contribution < 1.29 is 4.74 Å². The van der Waals surface area contributed by atoms with E-state index in [1.54, 1.807) is 0 Å². The quantitative estimate of drug-likeness (QED) is 0.917. The molecule has 3 rings (SSSR count). The molecule has 21 heavy (non-hydrogen) atoms. The third-order valence-corrected chi connectivity index (χ3v) is 4.21. The van der Waals surface area contributed by atoms with Crippen LogP contribution >= 0.6 is 0 Å². The van der Waals surface area contributed by atoms with Gasteiger partial charge in [-0.15, -0.1) is 0 Å². The van der Waals surface area contributed by atoms with Gasteiger partial charge < -0.3 is 14.6 Å². The van der Waals surface area contributed by atoms with Gasteiger partial charge in [0.2, 0.25) is 0 Å². The fourth-order valence-corrected chi connectivity index (χ4v) is 3.26. The van der Waals surface area contributed by atoms with E-state index in [2.05, 4.69) is 46.2 Å². The highest BCUT2D eigenvalue weighted by molar-refractivity contribution is 5.39. The van der Waals surface area contributed by atoms with Gasteiger partial charge in [0.05, 0.1) is 12.6 Å². The van der Waals surface area contributed by atoms with E-state index in [1.165, 1.54) is 5.56 Å². The number of nitrogens with zero attached hydrogens (tertiary/aromatic N) is 2. The summed E-state index contributed by atoms with van der Waals surface area (Å²) in [6.45, 7) is 3.98. The Labute approximate surface area is 126 Å². The van der Waals surface area contributed by atoms with Gasteiger partial charge in [-0.3, -0.25) is 0 Å². The molecule has 4 nitrogen and oxygen atoms in total. The molecule has 1 aromatic carbocycles. The fraction of sp³-hybridized carbons (Fsp3) is 0.471. The van der Waals surface area contributed by atoms with Crippen LogP contribution in [0.2, 0.25) is 0 Å². The van der Waals surface area contributed by atoms with Crippen molar-refractivity contribution >= 4 is 0 Å². The first-order valence-electron chi connectivity index (χ1n) is 7.75. The minimum absolute atomic E-state index is 0.219. The minimum Gasteiger partial charge on any atom is -0.493 e. The predicted octanol–water partition coefficient (Wildman–Crippen LogP) is 3.12. The van der Waals surface area contributed by atoms with E-state index in [0.717, 1.165) is 37.6 Å². The zero-order valence-corrected chi connectivity index (χ0v) is 12.7. The van der Waals surface area contributed by atoms with Crippen LogP contribution < -0.4 is 10.1 Å². The number of aryl methyl sites for hydroxylation is 1. The second-order valence-electron chi connectivity index (χ2n) is 5.53. The molecule has 2 unspecified atom stereocenters. The van der Waals surface area contributed by atoms with Gasteiger partial charge in [0.25, 0.3) is 0 Å². The van der Waals surface area contributed by atoms with Crippen molar-refractivity contribution in [3.05, 3.63) is 48.0 Å². The topological polar surface area (TPSA) is 39.1 Å². The summed E-state index contributed by atoms with van der Waals surface area (Å²) < 4.78 is 8.05. The molecule has 1 aliphatic rings. The summed E-state index contributed by atoms with van der Waals surface area (Å²) in [7, 11) is 2.02. The number of hydrogen-bond acceptors (Lipinski definition) is 3. The molecule has 2 atom stereocenters. The highest BCUT2D eigenvalue weighted by Gasteiger charge is 2.31. The van der Waals surface area contributed by atoms with E-state index < -0.39 is 0 Å². The van der Waals surface area contributed by atoms with Crippen molar-refractivity contribution in [3.63, 3.8) is 0 Å². The monoisotopic (exact) mass is 285 g/mol. The van der Waals surface area contributed by atoms with Crippen molar-refractivity contribution in [2.24, 2.45) is 0 Å². The lowest BCUT2D eigenvalue weighted by molar-refractivity contribution is 0.244. The lowest BCUT2D eigenvalue weighted by Crippen LogP contribution is -2.30. The smallest absolute Gasteiger partial charge is 0.126 e. The maximum Gasteiger partial charge on any atom is 0.126 e. The number of fused-ring (bicyclic) bond motifs is 1. The summed E-state index contributed by atoms with van der Waals surface area (Å²) in [5.74, 6) is 2.54. The molecule has 1 N–H and O–H groups in total. The van der Waals surface area contributed by atoms with Crippen LogP contribution in [0.4, 0.5) is 0 Å². The SMILES string of the molecule is CCCn1ccnc1C(NC)C1CCOc2ccccc21. The van der Waals surface area contributed by atoms with E-state index in [1.807, 2.05) is 19.3 Å². The number of rotatable bonds is 5. The van der Waals surface area contributed by atoms with Gasteiger partial charge >= 0.3 is 0 Å². The second-order valence-corrected chi connectivity index (χ2v) is 5.53. The Bertz CT molecular complexity index is 593. The second kappa shape index (κ2) is 6.31. The maximum atomic E-state index is 5.79. The molecule has 2 aromatic rings. The number of likely N-dealkylation sites (N-methyl/N-ethyl adjacent to an activating group) is 1. The molecule has 0 spiro atoms. The Morgan fingerprint density at radius 2 is 2.29 bits per heavy atom. The summed E-state index contributed by atoms with van der Waals surface area (Å²) in [6.07, 6.45) is 6.11. The van der Waals surface area contributed by atoms with Crippen LogP contribution in [0.15, 0.2) is 36.7 Å². The van der Waals surface area contributed by atoms with E-state index in [-0.39, 0.29) is 6.04 Å². The van der Waals surface area contributed by atoms with Gasteiger partial charge in [0.15, 0.2) is 0 Å². The van der Waals surface area contributed by atoms with Gasteiger partial charge in [-0.1, -0.05) is 25.1 Å². The number of para-hydroxylation sites is 1. The number of hydrogen-bond donors (Lipinski definition) is 1. The number of imidazole rings is 1. The summed E-state index contributed by atoms with van der Waals surface area (Å²) in [4.78, 5) is 4.61. The third-order valence-electron chi connectivity index (χ3n) is 4.21. The number of aromatic nitrogens is 2. The van der Waals surface area contributed by atoms with Crippen molar-refractivity contribution in [3.8, 4) is 5.75 Å². The average Bonchev–Trinajstić information content (AvgIpc) is 2.97. The minimum atomic E-state index is 0.219. The number of ether oxygens (including phenoxy) is 1. The molecule has 0 saturated heterocycles. The Kier molecular flexibility index (Phi) is 4.25. The molecular weight excluding hydrogens is 262 g/mol. The fourth-order valence-electron chi connectivity index (χ4n) is 3.26. The number of benzene rings is 1. The highest BCUT2D eigenvalue weighted by atomic mass is 16.5. The van der Waals surface area contributed by atoms with E-state index in [4.69, 9.17) is 4.74 Å². The van der Waals surface area contributed by atoms with Gasteiger partial charge in [-0.05, 0) is 31.5 Å². The summed E-state index contributed by atoms with van der Waals surface area (Å²) in [6, 6.07) is 8.58. The predicted molar refractivity (Wildman–Crippen MR) is 83.6 cm³/mol. The van der Waals surface area contributed by atoms with Crippen LogP contribution in [-0.2, 0) is 6.54 Å². The van der Waals surface area contributed by atoms with E-state index >= 15 is 0 Å². The Morgan fingerprint density at radius 1 is 1.43 bits per heavy atom. The largest absolute Gasteiger partial charge is 0.493 e. The Balaban J connectivity index is 1.96. The molecule has 0 radical (unpaired) electrons. The Morgan fingerprint density at radius 3 is 3.10 bits per heavy atom. The molecular formula is C17H23N3O. The van der Waals surface area contributed by atoms with Crippen LogP contribution in [0.3, 0.4) is 0 Å². The molecule has 1 aliphatic heterocycles. The molecule has 1 aromatic heterocycles. The standard InChI is InChI=1S/C17H23N3O/c1-3-10-20-11-9-19-17(20)16(18-2)14-8-12-21-15-7-5-4-6-13(14)15/h4-7,9,11,14,16,18H,3,8,10,12H2,1-2H3. The molecule has 0 saturated carbocycles. The summed E-state index contributed by atoms with van der Waals surface area (Å²) in [5.41, 5.74) is 1.29. The van der Waals surface area contributed by atoms with Crippen LogP contribution in [-0.4, -0.2) is 23.2 Å².